The Bertz CT molecular complexity index is 599. The van der Waals surface area contributed by atoms with Crippen LogP contribution in [-0.4, -0.2) is 68.3 Å². The van der Waals surface area contributed by atoms with Crippen molar-refractivity contribution in [2.45, 2.75) is 19.9 Å². The number of ether oxygens (including phenoxy) is 2. The van der Waals surface area contributed by atoms with E-state index in [4.69, 9.17) is 9.47 Å². The van der Waals surface area contributed by atoms with E-state index in [1.54, 1.807) is 0 Å². The van der Waals surface area contributed by atoms with Gasteiger partial charge in [-0.1, -0.05) is 0 Å². The average molecular weight is 350 g/mol. The molecule has 3 fully saturated rings. The lowest BCUT2D eigenvalue weighted by molar-refractivity contribution is -0.138. The lowest BCUT2D eigenvalue weighted by Crippen LogP contribution is -2.44. The lowest BCUT2D eigenvalue weighted by atomic mass is 9.77. The molecule has 1 aromatic heterocycles. The Morgan fingerprint density at radius 3 is 2.96 bits per heavy atom. The molecule has 0 N–H and O–H groups in total. The number of morpholine rings is 1. The van der Waals surface area contributed by atoms with Gasteiger partial charge in [0.1, 0.15) is 0 Å². The van der Waals surface area contributed by atoms with E-state index in [1.807, 2.05) is 16.2 Å². The Kier molecular flexibility index (Phi) is 4.64. The highest BCUT2D eigenvalue weighted by Crippen LogP contribution is 2.45. The van der Waals surface area contributed by atoms with Crippen molar-refractivity contribution in [3.63, 3.8) is 0 Å². The molecule has 6 heteroatoms. The first-order valence-electron chi connectivity index (χ1n) is 8.85. The Hall–Kier alpha value is -0.950. The molecule has 4 heterocycles. The van der Waals surface area contributed by atoms with Crippen molar-refractivity contribution in [1.29, 1.82) is 0 Å². The largest absolute Gasteiger partial charge is 0.380 e. The second-order valence-corrected chi connectivity index (χ2v) is 8.44. The molecule has 2 atom stereocenters. The Balaban J connectivity index is 1.42. The number of rotatable bonds is 4. The number of fused-ring (bicyclic) bond motifs is 1. The van der Waals surface area contributed by atoms with Crippen LogP contribution >= 0.6 is 11.3 Å². The van der Waals surface area contributed by atoms with Crippen molar-refractivity contribution in [2.75, 3.05) is 52.6 Å². The number of carbonyl (C=O) groups excluding carboxylic acids is 1. The summed E-state index contributed by atoms with van der Waals surface area (Å²) in [6, 6.07) is 2.19. The average Bonchev–Trinajstić information content (AvgIpc) is 3.23. The highest BCUT2D eigenvalue weighted by molar-refractivity contribution is 7.10. The van der Waals surface area contributed by atoms with Gasteiger partial charge in [0.25, 0.3) is 0 Å². The van der Waals surface area contributed by atoms with Gasteiger partial charge in [-0.25, -0.2) is 0 Å². The van der Waals surface area contributed by atoms with Gasteiger partial charge in [-0.3, -0.25) is 9.69 Å². The van der Waals surface area contributed by atoms with Crippen molar-refractivity contribution in [3.05, 3.63) is 21.9 Å². The molecule has 0 unspecified atom stereocenters. The molecule has 24 heavy (non-hydrogen) atoms. The zero-order valence-corrected chi connectivity index (χ0v) is 15.1. The monoisotopic (exact) mass is 350 g/mol. The third-order valence-corrected chi connectivity index (χ3v) is 6.80. The van der Waals surface area contributed by atoms with Crippen LogP contribution in [0.3, 0.4) is 0 Å². The van der Waals surface area contributed by atoms with E-state index in [0.717, 1.165) is 45.9 Å². The maximum absolute atomic E-state index is 12.8. The quantitative estimate of drug-likeness (QED) is 0.830. The first kappa shape index (κ1) is 16.5. The lowest BCUT2D eigenvalue weighted by Gasteiger charge is -2.32. The van der Waals surface area contributed by atoms with E-state index in [-0.39, 0.29) is 11.3 Å². The van der Waals surface area contributed by atoms with E-state index in [9.17, 15) is 4.79 Å². The number of amides is 1. The van der Waals surface area contributed by atoms with Gasteiger partial charge in [0.05, 0.1) is 26.4 Å². The molecule has 3 aliphatic heterocycles. The molecule has 0 bridgehead atoms. The Labute approximate surface area is 147 Å². The summed E-state index contributed by atoms with van der Waals surface area (Å²) >= 11 is 1.84. The fourth-order valence-electron chi connectivity index (χ4n) is 4.31. The number of nitrogens with zero attached hydrogens (tertiary/aromatic N) is 2. The summed E-state index contributed by atoms with van der Waals surface area (Å²) in [6.45, 7) is 9.56. The smallest absolute Gasteiger partial charge is 0.223 e. The van der Waals surface area contributed by atoms with E-state index in [2.05, 4.69) is 23.3 Å². The van der Waals surface area contributed by atoms with Crippen LogP contribution in [0, 0.1) is 18.3 Å². The molecule has 1 aromatic rings. The molecule has 0 aromatic carbocycles. The summed E-state index contributed by atoms with van der Waals surface area (Å²) in [5.74, 6) is 0.769. The number of thiophene rings is 1. The maximum Gasteiger partial charge on any atom is 0.223 e. The number of likely N-dealkylation sites (tertiary alicyclic amines) is 1. The van der Waals surface area contributed by atoms with Crippen LogP contribution in [0.2, 0.25) is 0 Å². The fourth-order valence-corrected chi connectivity index (χ4v) is 5.26. The molecule has 3 aliphatic rings. The molecule has 5 nitrogen and oxygen atoms in total. The Morgan fingerprint density at radius 2 is 2.21 bits per heavy atom. The minimum Gasteiger partial charge on any atom is -0.380 e. The van der Waals surface area contributed by atoms with E-state index in [0.29, 0.717) is 25.6 Å². The van der Waals surface area contributed by atoms with E-state index in [1.165, 1.54) is 10.4 Å². The second-order valence-electron chi connectivity index (χ2n) is 7.44. The summed E-state index contributed by atoms with van der Waals surface area (Å²) in [4.78, 5) is 18.7. The Morgan fingerprint density at radius 1 is 1.38 bits per heavy atom. The third kappa shape index (κ3) is 3.12. The molecular formula is C18H26N2O3S. The molecule has 132 valence electrons. The van der Waals surface area contributed by atoms with Crippen molar-refractivity contribution in [3.8, 4) is 0 Å². The number of carbonyl (C=O) groups is 1. The highest BCUT2D eigenvalue weighted by atomic mass is 32.1. The molecule has 0 aliphatic carbocycles. The van der Waals surface area contributed by atoms with Gasteiger partial charge >= 0.3 is 0 Å². The molecule has 0 saturated carbocycles. The summed E-state index contributed by atoms with van der Waals surface area (Å²) in [7, 11) is 0. The van der Waals surface area contributed by atoms with Gasteiger partial charge in [0, 0.05) is 55.4 Å². The van der Waals surface area contributed by atoms with Crippen molar-refractivity contribution in [1.82, 2.24) is 9.80 Å². The highest BCUT2D eigenvalue weighted by Gasteiger charge is 2.51. The molecule has 4 rings (SSSR count). The molecule has 3 saturated heterocycles. The van der Waals surface area contributed by atoms with Gasteiger partial charge in [-0.2, -0.15) is 0 Å². The number of aryl methyl sites for hydroxylation is 1. The summed E-state index contributed by atoms with van der Waals surface area (Å²) < 4.78 is 11.2. The zero-order valence-electron chi connectivity index (χ0n) is 14.3. The predicted molar refractivity (Wildman–Crippen MR) is 93.1 cm³/mol. The minimum absolute atomic E-state index is 0.0144. The summed E-state index contributed by atoms with van der Waals surface area (Å²) in [5, 5.41) is 2.17. The SMILES string of the molecule is Cc1ccsc1CN1C[C@@H]2COC[C@]2(CC(=O)N2CCOCC2)C1. The summed E-state index contributed by atoms with van der Waals surface area (Å²) in [6.07, 6.45) is 0.623. The maximum atomic E-state index is 12.8. The normalized spacial score (nSPS) is 30.7. The topological polar surface area (TPSA) is 42.0 Å². The van der Waals surface area contributed by atoms with Crippen LogP contribution in [-0.2, 0) is 20.8 Å². The van der Waals surface area contributed by atoms with Gasteiger partial charge in [-0.05, 0) is 23.9 Å². The van der Waals surface area contributed by atoms with Crippen molar-refractivity contribution in [2.24, 2.45) is 11.3 Å². The van der Waals surface area contributed by atoms with Crippen LogP contribution in [0.25, 0.3) is 0 Å². The van der Waals surface area contributed by atoms with Gasteiger partial charge in [0.15, 0.2) is 0 Å². The second kappa shape index (κ2) is 6.75. The molecular weight excluding hydrogens is 324 g/mol. The van der Waals surface area contributed by atoms with Gasteiger partial charge < -0.3 is 14.4 Å². The fraction of sp³-hybridized carbons (Fsp3) is 0.722. The molecule has 1 amide bonds. The van der Waals surface area contributed by atoms with E-state index >= 15 is 0 Å². The zero-order chi connectivity index (χ0) is 16.6. The van der Waals surface area contributed by atoms with Gasteiger partial charge in [0.2, 0.25) is 5.91 Å². The van der Waals surface area contributed by atoms with Crippen LogP contribution in [0.1, 0.15) is 16.9 Å². The van der Waals surface area contributed by atoms with Crippen molar-refractivity contribution >= 4 is 17.2 Å². The predicted octanol–water partition coefficient (Wildman–Crippen LogP) is 1.75. The van der Waals surface area contributed by atoms with Crippen LogP contribution in [0.15, 0.2) is 11.4 Å². The van der Waals surface area contributed by atoms with Crippen LogP contribution in [0.4, 0.5) is 0 Å². The first-order valence-corrected chi connectivity index (χ1v) is 9.73. The van der Waals surface area contributed by atoms with Crippen LogP contribution in [0.5, 0.6) is 0 Å². The van der Waals surface area contributed by atoms with Crippen LogP contribution < -0.4 is 0 Å². The number of hydrogen-bond donors (Lipinski definition) is 0. The minimum atomic E-state index is 0.0144. The van der Waals surface area contributed by atoms with Gasteiger partial charge in [-0.15, -0.1) is 11.3 Å². The van der Waals surface area contributed by atoms with Crippen molar-refractivity contribution < 1.29 is 14.3 Å². The molecule has 0 spiro atoms. The summed E-state index contributed by atoms with van der Waals surface area (Å²) in [5.41, 5.74) is 1.40. The third-order valence-electron chi connectivity index (χ3n) is 5.79. The first-order chi connectivity index (χ1) is 11.7. The van der Waals surface area contributed by atoms with E-state index < -0.39 is 0 Å². The standard InChI is InChI=1S/C18H26N2O3S/c1-14-2-7-24-16(14)10-19-9-15-11-23-13-18(15,12-19)8-17(21)20-3-5-22-6-4-20/h2,7,15H,3-6,8-13H2,1H3/t15-,18+/m1/s1. The molecule has 0 radical (unpaired) electrons. The number of hydrogen-bond acceptors (Lipinski definition) is 5.